The van der Waals surface area contributed by atoms with E-state index in [0.29, 0.717) is 17.0 Å². The summed E-state index contributed by atoms with van der Waals surface area (Å²) in [5.74, 6) is -0.816. The number of fused-ring (bicyclic) bond motifs is 1. The Balaban J connectivity index is 2.95. The molecule has 15 heavy (non-hydrogen) atoms. The van der Waals surface area contributed by atoms with Gasteiger partial charge >= 0.3 is 0 Å². The van der Waals surface area contributed by atoms with Crippen LogP contribution in [0.3, 0.4) is 0 Å². The fourth-order valence-electron chi connectivity index (χ4n) is 1.32. The molecule has 2 aromatic rings. The predicted molar refractivity (Wildman–Crippen MR) is 56.8 cm³/mol. The molecule has 0 aliphatic heterocycles. The van der Waals surface area contributed by atoms with Crippen LogP contribution in [0, 0.1) is 10.6 Å². The third-order valence-corrected chi connectivity index (χ3v) is 2.46. The first kappa shape index (κ1) is 9.97. The first-order chi connectivity index (χ1) is 7.13. The summed E-state index contributed by atoms with van der Waals surface area (Å²) in [5.41, 5.74) is -0.343. The maximum atomic E-state index is 13.0. The van der Waals surface area contributed by atoms with Crippen LogP contribution < -0.4 is 5.43 Å². The minimum atomic E-state index is -0.816. The summed E-state index contributed by atoms with van der Waals surface area (Å²) in [6.07, 6.45) is 2.51. The minimum Gasteiger partial charge on any atom is -0.343 e. The van der Waals surface area contributed by atoms with E-state index in [0.717, 1.165) is 6.20 Å². The highest BCUT2D eigenvalue weighted by molar-refractivity contribution is 7.71. The van der Waals surface area contributed by atoms with Gasteiger partial charge in [-0.25, -0.2) is 9.37 Å². The highest BCUT2D eigenvalue weighted by Crippen LogP contribution is 2.04. The Hall–Kier alpha value is -1.56. The van der Waals surface area contributed by atoms with Gasteiger partial charge in [0.15, 0.2) is 5.82 Å². The number of rotatable bonds is 1. The Bertz CT molecular complexity index is 631. The topological polar surface area (TPSA) is 50.7 Å². The van der Waals surface area contributed by atoms with Gasteiger partial charge in [-0.3, -0.25) is 4.79 Å². The number of aromatic nitrogens is 3. The largest absolute Gasteiger partial charge is 0.343 e. The summed E-state index contributed by atoms with van der Waals surface area (Å²) < 4.78 is 15.0. The number of hydrogen-bond donors (Lipinski definition) is 1. The molecule has 0 aliphatic carbocycles. The van der Waals surface area contributed by atoms with Crippen LogP contribution in [0.1, 0.15) is 6.92 Å². The van der Waals surface area contributed by atoms with Crippen molar-refractivity contribution in [1.82, 2.24) is 14.5 Å². The van der Waals surface area contributed by atoms with Crippen LogP contribution in [0.15, 0.2) is 17.2 Å². The number of nitrogens with one attached hydrogen (secondary N) is 1. The molecule has 4 nitrogen and oxygen atoms in total. The lowest BCUT2D eigenvalue weighted by molar-refractivity contribution is 0.613. The number of H-pyrrole nitrogens is 1. The fraction of sp³-hybridized carbons (Fsp3) is 0.222. The van der Waals surface area contributed by atoms with Gasteiger partial charge in [0.2, 0.25) is 10.2 Å². The zero-order chi connectivity index (χ0) is 11.0. The highest BCUT2D eigenvalue weighted by Gasteiger charge is 2.06. The number of nitrogens with zero attached hydrogens (tertiary/aromatic N) is 2. The van der Waals surface area contributed by atoms with E-state index in [9.17, 15) is 9.18 Å². The zero-order valence-electron chi connectivity index (χ0n) is 7.95. The van der Waals surface area contributed by atoms with Crippen LogP contribution in [0.4, 0.5) is 4.39 Å². The minimum absolute atomic E-state index is 0.213. The van der Waals surface area contributed by atoms with Crippen molar-refractivity contribution in [3.8, 4) is 0 Å². The van der Waals surface area contributed by atoms with Crippen molar-refractivity contribution in [1.29, 1.82) is 0 Å². The first-order valence-electron chi connectivity index (χ1n) is 4.42. The van der Waals surface area contributed by atoms with E-state index in [1.807, 2.05) is 6.92 Å². The standard InChI is InChI=1S/C9H8FN3OS/c1-2-13-4-5-7(14)6(10)3-11-8(5)12-9(13)15/h3-4H,2H2,1H3,(H,11,12,15). The Kier molecular flexibility index (Phi) is 2.36. The smallest absolute Gasteiger partial charge is 0.228 e. The molecule has 0 spiro atoms. The van der Waals surface area contributed by atoms with Crippen molar-refractivity contribution in [2.45, 2.75) is 13.5 Å². The molecule has 0 amide bonds. The van der Waals surface area contributed by atoms with Gasteiger partial charge < -0.3 is 9.55 Å². The van der Waals surface area contributed by atoms with Gasteiger partial charge in [-0.15, -0.1) is 0 Å². The molecule has 0 aromatic carbocycles. The highest BCUT2D eigenvalue weighted by atomic mass is 32.1. The maximum Gasteiger partial charge on any atom is 0.228 e. The molecule has 6 heteroatoms. The monoisotopic (exact) mass is 225 g/mol. The predicted octanol–water partition coefficient (Wildman–Crippen LogP) is 1.61. The zero-order valence-corrected chi connectivity index (χ0v) is 8.77. The summed E-state index contributed by atoms with van der Waals surface area (Å²) in [4.78, 5) is 18.0. The molecule has 78 valence electrons. The van der Waals surface area contributed by atoms with Crippen molar-refractivity contribution < 1.29 is 4.39 Å². The number of aromatic amines is 1. The van der Waals surface area contributed by atoms with E-state index in [2.05, 4.69) is 9.97 Å². The lowest BCUT2D eigenvalue weighted by Gasteiger charge is -2.03. The summed E-state index contributed by atoms with van der Waals surface area (Å²) in [7, 11) is 0. The van der Waals surface area contributed by atoms with Crippen LogP contribution in [-0.4, -0.2) is 14.5 Å². The number of pyridine rings is 1. The third kappa shape index (κ3) is 1.56. The Labute approximate surface area is 89.4 Å². The normalized spacial score (nSPS) is 10.8. The van der Waals surface area contributed by atoms with E-state index in [1.54, 1.807) is 4.57 Å². The number of aryl methyl sites for hydroxylation is 1. The molecule has 0 saturated heterocycles. The average Bonchev–Trinajstić information content (AvgIpc) is 2.23. The summed E-state index contributed by atoms with van der Waals surface area (Å²) in [6.45, 7) is 2.47. The van der Waals surface area contributed by atoms with E-state index in [1.165, 1.54) is 6.20 Å². The van der Waals surface area contributed by atoms with Crippen molar-refractivity contribution in [2.75, 3.05) is 0 Å². The van der Waals surface area contributed by atoms with Crippen molar-refractivity contribution in [2.24, 2.45) is 0 Å². The molecule has 2 heterocycles. The van der Waals surface area contributed by atoms with Crippen LogP contribution in [0.5, 0.6) is 0 Å². The molecule has 0 aliphatic rings. The Morgan fingerprint density at radius 2 is 2.40 bits per heavy atom. The van der Waals surface area contributed by atoms with Gasteiger partial charge in [0.1, 0.15) is 5.65 Å². The van der Waals surface area contributed by atoms with Crippen LogP contribution in [-0.2, 0) is 6.54 Å². The van der Waals surface area contributed by atoms with E-state index in [-0.39, 0.29) is 5.39 Å². The molecule has 2 rings (SSSR count). The summed E-state index contributed by atoms with van der Waals surface area (Å²) in [6, 6.07) is 0. The summed E-state index contributed by atoms with van der Waals surface area (Å²) in [5, 5.41) is 0.213. The summed E-state index contributed by atoms with van der Waals surface area (Å²) >= 11 is 4.99. The van der Waals surface area contributed by atoms with Gasteiger partial charge in [-0.2, -0.15) is 0 Å². The maximum absolute atomic E-state index is 13.0. The van der Waals surface area contributed by atoms with Crippen molar-refractivity contribution in [3.63, 3.8) is 0 Å². The Morgan fingerprint density at radius 1 is 1.67 bits per heavy atom. The van der Waals surface area contributed by atoms with Crippen molar-refractivity contribution in [3.05, 3.63) is 33.2 Å². The molecule has 2 aromatic heterocycles. The fourth-order valence-corrected chi connectivity index (χ4v) is 1.59. The molecule has 1 N–H and O–H groups in total. The molecule has 0 fully saturated rings. The second kappa shape index (κ2) is 3.54. The Morgan fingerprint density at radius 3 is 3.07 bits per heavy atom. The van der Waals surface area contributed by atoms with Crippen LogP contribution in [0.2, 0.25) is 0 Å². The van der Waals surface area contributed by atoms with E-state index >= 15 is 0 Å². The van der Waals surface area contributed by atoms with Crippen LogP contribution in [0.25, 0.3) is 11.0 Å². The van der Waals surface area contributed by atoms with Crippen molar-refractivity contribution >= 4 is 23.3 Å². The molecule has 0 saturated carbocycles. The molecule has 0 radical (unpaired) electrons. The van der Waals surface area contributed by atoms with E-state index in [4.69, 9.17) is 12.2 Å². The lowest BCUT2D eigenvalue weighted by atomic mass is 10.3. The number of hydrogen-bond acceptors (Lipinski definition) is 3. The lowest BCUT2D eigenvalue weighted by Crippen LogP contribution is -2.11. The number of halogens is 1. The third-order valence-electron chi connectivity index (χ3n) is 2.13. The average molecular weight is 225 g/mol. The van der Waals surface area contributed by atoms with Gasteiger partial charge in [0.05, 0.1) is 5.39 Å². The van der Waals surface area contributed by atoms with Gasteiger partial charge in [0.25, 0.3) is 0 Å². The molecule has 0 unspecified atom stereocenters. The molecule has 0 atom stereocenters. The van der Waals surface area contributed by atoms with Gasteiger partial charge in [0, 0.05) is 18.9 Å². The van der Waals surface area contributed by atoms with E-state index < -0.39 is 11.2 Å². The first-order valence-corrected chi connectivity index (χ1v) is 4.82. The molecular weight excluding hydrogens is 217 g/mol. The SMILES string of the molecule is CCn1cc2c(=O)c(F)c[nH]c2nc1=S. The molecule has 0 bridgehead atoms. The van der Waals surface area contributed by atoms with Gasteiger partial charge in [-0.1, -0.05) is 0 Å². The molecular formula is C9H8FN3OS. The van der Waals surface area contributed by atoms with Gasteiger partial charge in [-0.05, 0) is 19.1 Å². The second-order valence-corrected chi connectivity index (χ2v) is 3.40. The quantitative estimate of drug-likeness (QED) is 0.750. The second-order valence-electron chi connectivity index (χ2n) is 3.04. The van der Waals surface area contributed by atoms with Crippen LogP contribution >= 0.6 is 12.2 Å².